The van der Waals surface area contributed by atoms with Gasteiger partial charge in [-0.1, -0.05) is 12.1 Å². The van der Waals surface area contributed by atoms with Crippen molar-refractivity contribution < 1.29 is 47.3 Å². The highest BCUT2D eigenvalue weighted by atomic mass is 31.2. The van der Waals surface area contributed by atoms with Crippen molar-refractivity contribution in [3.8, 4) is 0 Å². The second kappa shape index (κ2) is 11.0. The fourth-order valence-electron chi connectivity index (χ4n) is 1.15. The van der Waals surface area contributed by atoms with Gasteiger partial charge in [0.15, 0.2) is 0 Å². The summed E-state index contributed by atoms with van der Waals surface area (Å²) in [5.41, 5.74) is -1.23. The molecule has 0 saturated carbocycles. The van der Waals surface area contributed by atoms with E-state index in [1.165, 1.54) is 12.1 Å². The normalized spacial score (nSPS) is 9.83. The van der Waals surface area contributed by atoms with Gasteiger partial charge < -0.3 is 33.6 Å². The molecule has 0 aliphatic carbocycles. The molecule has 0 radical (unpaired) electrons. The Kier molecular flexibility index (Phi) is 13.8. The van der Waals surface area contributed by atoms with Crippen LogP contribution >= 0.6 is 15.6 Å². The number of hydrogen-bond donors (Lipinski definition) is 8. The van der Waals surface area contributed by atoms with Crippen molar-refractivity contribution in [1.29, 1.82) is 0 Å². The van der Waals surface area contributed by atoms with Crippen LogP contribution < -0.4 is 24.6 Å². The maximum atomic E-state index is 11.4. The first-order valence-corrected chi connectivity index (χ1v) is 7.73. The molecule has 0 aliphatic heterocycles. The highest BCUT2D eigenvalue weighted by Crippen LogP contribution is 2.39. The average Bonchev–Trinajstić information content (AvgIpc) is 2.24. The third-order valence-electron chi connectivity index (χ3n) is 1.77. The Morgan fingerprint density at radius 1 is 0.708 bits per heavy atom. The maximum absolute atomic E-state index is 11.4. The molecule has 0 heterocycles. The quantitative estimate of drug-likeness (QED) is 0.328. The van der Waals surface area contributed by atoms with Crippen molar-refractivity contribution in [2.75, 3.05) is 0 Å². The van der Waals surface area contributed by atoms with Gasteiger partial charge >= 0.3 is 27.6 Å². The number of phosphoric ester groups is 2. The molecule has 0 amide bonds. The van der Waals surface area contributed by atoms with Gasteiger partial charge in [0.2, 0.25) is 0 Å². The van der Waals surface area contributed by atoms with Gasteiger partial charge in [-0.05, 0) is 12.1 Å². The van der Waals surface area contributed by atoms with Crippen LogP contribution in [0, 0.1) is 0 Å². The second-order valence-electron chi connectivity index (χ2n) is 3.28. The standard InChI is InChI=1S/C8H8O10P2.4H3N/c9-7(17-19(11,12)13)5-3-1-2-4-6(5)8(10)18-20(14,15)16;;;;/h1-4H,(H2,11,12,13)(H2,14,15,16);4*1H3. The van der Waals surface area contributed by atoms with E-state index in [9.17, 15) is 18.7 Å². The van der Waals surface area contributed by atoms with Gasteiger partial charge in [-0.15, -0.1) is 0 Å². The summed E-state index contributed by atoms with van der Waals surface area (Å²) in [6.45, 7) is 0. The molecule has 24 heavy (non-hydrogen) atoms. The molecule has 16 N–H and O–H groups in total. The van der Waals surface area contributed by atoms with E-state index in [-0.39, 0.29) is 24.6 Å². The molecule has 0 aliphatic rings. The zero-order valence-electron chi connectivity index (χ0n) is 12.3. The van der Waals surface area contributed by atoms with Crippen LogP contribution in [0.2, 0.25) is 0 Å². The Balaban J connectivity index is -0.000000500. The number of hydrogen-bond acceptors (Lipinski definition) is 10. The SMILES string of the molecule is N.N.N.N.O=C(OP(=O)(O)O)c1ccccc1C(=O)OP(=O)(O)O. The average molecular weight is 394 g/mol. The van der Waals surface area contributed by atoms with E-state index in [2.05, 4.69) is 9.05 Å². The number of carbonyl (C=O) groups excluding carboxylic acids is 2. The van der Waals surface area contributed by atoms with Crippen LogP contribution in [0.15, 0.2) is 24.3 Å². The van der Waals surface area contributed by atoms with Crippen LogP contribution in [0.5, 0.6) is 0 Å². The molecule has 0 spiro atoms. The molecule has 14 nitrogen and oxygen atoms in total. The minimum absolute atomic E-state index is 0. The van der Waals surface area contributed by atoms with Crippen molar-refractivity contribution in [3.05, 3.63) is 35.4 Å². The molecule has 1 aromatic rings. The topological polar surface area (TPSA) is 308 Å². The van der Waals surface area contributed by atoms with Gasteiger partial charge in [0, 0.05) is 0 Å². The molecule has 0 aromatic heterocycles. The summed E-state index contributed by atoms with van der Waals surface area (Å²) in [5.74, 6) is -3.09. The van der Waals surface area contributed by atoms with Crippen LogP contribution in [0.25, 0.3) is 0 Å². The largest absolute Gasteiger partial charge is 0.527 e. The van der Waals surface area contributed by atoms with Crippen LogP contribution in [-0.4, -0.2) is 31.5 Å². The molecular weight excluding hydrogens is 374 g/mol. The molecular formula is C8H20N4O10P2. The Labute approximate surface area is 136 Å². The Hall–Kier alpha value is -1.70. The summed E-state index contributed by atoms with van der Waals surface area (Å²) >= 11 is 0. The molecule has 1 aromatic carbocycles. The van der Waals surface area contributed by atoms with Gasteiger partial charge in [-0.2, -0.15) is 0 Å². The Morgan fingerprint density at radius 2 is 0.958 bits per heavy atom. The van der Waals surface area contributed by atoms with E-state index < -0.39 is 38.7 Å². The lowest BCUT2D eigenvalue weighted by Gasteiger charge is -2.10. The first kappa shape index (κ1) is 30.2. The number of carbonyl (C=O) groups is 2. The second-order valence-corrected chi connectivity index (χ2v) is 5.61. The summed E-state index contributed by atoms with van der Waals surface area (Å²) in [6.07, 6.45) is 0. The lowest BCUT2D eigenvalue weighted by atomic mass is 10.1. The lowest BCUT2D eigenvalue weighted by Crippen LogP contribution is -2.12. The molecule has 142 valence electrons. The molecule has 16 heteroatoms. The van der Waals surface area contributed by atoms with E-state index in [0.717, 1.165) is 12.1 Å². The van der Waals surface area contributed by atoms with Gasteiger partial charge in [-0.3, -0.25) is 19.6 Å². The summed E-state index contributed by atoms with van der Waals surface area (Å²) < 4.78 is 28.6. The van der Waals surface area contributed by atoms with E-state index in [4.69, 9.17) is 19.6 Å². The zero-order valence-corrected chi connectivity index (χ0v) is 14.1. The van der Waals surface area contributed by atoms with Crippen LogP contribution in [0.4, 0.5) is 0 Å². The Morgan fingerprint density at radius 3 is 1.17 bits per heavy atom. The third kappa shape index (κ3) is 10.1. The smallest absolute Gasteiger partial charge is 0.367 e. The molecule has 0 fully saturated rings. The minimum Gasteiger partial charge on any atom is -0.367 e. The monoisotopic (exact) mass is 394 g/mol. The molecule has 0 bridgehead atoms. The summed E-state index contributed by atoms with van der Waals surface area (Å²) in [4.78, 5) is 56.8. The van der Waals surface area contributed by atoms with Gasteiger partial charge in [0.25, 0.3) is 0 Å². The number of benzene rings is 1. The van der Waals surface area contributed by atoms with E-state index in [1.807, 2.05) is 0 Å². The molecule has 0 unspecified atom stereocenters. The lowest BCUT2D eigenvalue weighted by molar-refractivity contribution is 0.0628. The predicted octanol–water partition coefficient (Wildman–Crippen LogP) is 0.834. The Bertz CT molecular complexity index is 587. The fourth-order valence-corrected chi connectivity index (χ4v) is 1.78. The van der Waals surface area contributed by atoms with Crippen LogP contribution in [0.3, 0.4) is 0 Å². The van der Waals surface area contributed by atoms with Crippen molar-refractivity contribution >= 4 is 27.6 Å². The predicted molar refractivity (Wildman–Crippen MR) is 81.4 cm³/mol. The van der Waals surface area contributed by atoms with Crippen LogP contribution in [-0.2, 0) is 18.2 Å². The third-order valence-corrected chi connectivity index (χ3v) is 2.58. The molecule has 1 rings (SSSR count). The molecule has 0 atom stereocenters. The van der Waals surface area contributed by atoms with E-state index in [0.29, 0.717) is 0 Å². The molecule has 0 saturated heterocycles. The summed E-state index contributed by atoms with van der Waals surface area (Å²) in [5, 5.41) is 0. The zero-order chi connectivity index (χ0) is 15.6. The maximum Gasteiger partial charge on any atom is 0.527 e. The van der Waals surface area contributed by atoms with Crippen molar-refractivity contribution in [3.63, 3.8) is 0 Å². The van der Waals surface area contributed by atoms with Crippen LogP contribution in [0.1, 0.15) is 20.7 Å². The van der Waals surface area contributed by atoms with Crippen molar-refractivity contribution in [1.82, 2.24) is 24.6 Å². The van der Waals surface area contributed by atoms with Crippen molar-refractivity contribution in [2.24, 2.45) is 0 Å². The summed E-state index contributed by atoms with van der Waals surface area (Å²) in [7, 11) is -10.3. The summed E-state index contributed by atoms with van der Waals surface area (Å²) in [6, 6.07) is 4.41. The van der Waals surface area contributed by atoms with E-state index in [1.54, 1.807) is 0 Å². The van der Waals surface area contributed by atoms with E-state index >= 15 is 0 Å². The van der Waals surface area contributed by atoms with Gasteiger partial charge in [0.05, 0.1) is 11.1 Å². The van der Waals surface area contributed by atoms with Crippen molar-refractivity contribution in [2.45, 2.75) is 0 Å². The first-order chi connectivity index (χ1) is 8.99. The number of phosphoric acid groups is 2. The van der Waals surface area contributed by atoms with Gasteiger partial charge in [0.1, 0.15) is 0 Å². The first-order valence-electron chi connectivity index (χ1n) is 4.67. The van der Waals surface area contributed by atoms with Gasteiger partial charge in [-0.25, -0.2) is 18.7 Å². The highest BCUT2D eigenvalue weighted by molar-refractivity contribution is 7.47. The minimum atomic E-state index is -5.13. The number of rotatable bonds is 4. The highest BCUT2D eigenvalue weighted by Gasteiger charge is 2.28. The fraction of sp³-hybridized carbons (Fsp3) is 0.